The second-order valence-electron chi connectivity index (χ2n) is 2.97. The summed E-state index contributed by atoms with van der Waals surface area (Å²) in [5, 5.41) is 9.98. The van der Waals surface area contributed by atoms with Crippen molar-refractivity contribution in [2.24, 2.45) is 12.0 Å². The number of aryl methyl sites for hydroxylation is 1. The highest BCUT2D eigenvalue weighted by Crippen LogP contribution is 2.15. The number of hydrogen-bond donors (Lipinski definition) is 2. The number of aromatic nitrogens is 2. The van der Waals surface area contributed by atoms with Crippen molar-refractivity contribution in [2.75, 3.05) is 0 Å². The van der Waals surface area contributed by atoms with E-state index in [1.807, 2.05) is 0 Å². The summed E-state index contributed by atoms with van der Waals surface area (Å²) >= 11 is 0. The SMILES string of the molecule is C/C=N\c1c(C(=N)NC(C)=O)ncn1C. The molecule has 0 aromatic carbocycles. The molecule has 0 radical (unpaired) electrons. The fraction of sp³-hybridized carbons (Fsp3) is 0.333. The van der Waals surface area contributed by atoms with Crippen LogP contribution in [0.4, 0.5) is 5.82 Å². The number of imidazole rings is 1. The Kier molecular flexibility index (Phi) is 3.33. The van der Waals surface area contributed by atoms with Crippen LogP contribution in [0.25, 0.3) is 0 Å². The van der Waals surface area contributed by atoms with E-state index in [9.17, 15) is 4.79 Å². The van der Waals surface area contributed by atoms with Gasteiger partial charge < -0.3 is 9.88 Å². The van der Waals surface area contributed by atoms with Gasteiger partial charge in [-0.2, -0.15) is 0 Å². The lowest BCUT2D eigenvalue weighted by Crippen LogP contribution is -2.28. The predicted octanol–water partition coefficient (Wildman–Crippen LogP) is 0.604. The van der Waals surface area contributed by atoms with E-state index in [0.29, 0.717) is 11.5 Å². The molecule has 0 saturated heterocycles. The minimum Gasteiger partial charge on any atom is -0.318 e. The molecule has 80 valence electrons. The molecule has 0 atom stereocenters. The van der Waals surface area contributed by atoms with Gasteiger partial charge in [-0.05, 0) is 6.92 Å². The second-order valence-corrected chi connectivity index (χ2v) is 2.97. The molecule has 6 nitrogen and oxygen atoms in total. The molecule has 1 rings (SSSR count). The molecule has 0 aliphatic rings. The summed E-state index contributed by atoms with van der Waals surface area (Å²) in [4.78, 5) is 18.9. The summed E-state index contributed by atoms with van der Waals surface area (Å²) in [5.41, 5.74) is 0.366. The van der Waals surface area contributed by atoms with Gasteiger partial charge >= 0.3 is 0 Å². The minimum atomic E-state index is -0.294. The average Bonchev–Trinajstić information content (AvgIpc) is 2.48. The molecule has 0 aliphatic heterocycles. The van der Waals surface area contributed by atoms with Crippen LogP contribution in [-0.4, -0.2) is 27.5 Å². The van der Waals surface area contributed by atoms with Gasteiger partial charge in [-0.1, -0.05) is 0 Å². The number of nitrogens with one attached hydrogen (secondary N) is 2. The molecular weight excluding hydrogens is 194 g/mol. The van der Waals surface area contributed by atoms with Gasteiger partial charge in [0.2, 0.25) is 5.91 Å². The number of rotatable bonds is 2. The summed E-state index contributed by atoms with van der Waals surface area (Å²) in [6, 6.07) is 0. The molecule has 1 heterocycles. The van der Waals surface area contributed by atoms with Crippen molar-refractivity contribution in [2.45, 2.75) is 13.8 Å². The third-order valence-electron chi connectivity index (χ3n) is 1.70. The lowest BCUT2D eigenvalue weighted by molar-refractivity contribution is -0.117. The van der Waals surface area contributed by atoms with Crippen LogP contribution in [0.15, 0.2) is 11.3 Å². The number of hydrogen-bond acceptors (Lipinski definition) is 4. The maximum Gasteiger partial charge on any atom is 0.222 e. The van der Waals surface area contributed by atoms with Crippen LogP contribution >= 0.6 is 0 Å². The molecular formula is C9H13N5O. The van der Waals surface area contributed by atoms with Gasteiger partial charge in [0.05, 0.1) is 6.33 Å². The van der Waals surface area contributed by atoms with Gasteiger partial charge in [0.1, 0.15) is 5.69 Å². The first kappa shape index (κ1) is 11.1. The number of carbonyl (C=O) groups is 1. The first-order valence-electron chi connectivity index (χ1n) is 4.42. The van der Waals surface area contributed by atoms with Crippen LogP contribution in [0.3, 0.4) is 0 Å². The van der Waals surface area contributed by atoms with Crippen molar-refractivity contribution in [1.82, 2.24) is 14.9 Å². The van der Waals surface area contributed by atoms with Gasteiger partial charge in [-0.15, -0.1) is 0 Å². The smallest absolute Gasteiger partial charge is 0.222 e. The Morgan fingerprint density at radius 1 is 1.73 bits per heavy atom. The highest BCUT2D eigenvalue weighted by atomic mass is 16.1. The highest BCUT2D eigenvalue weighted by Gasteiger charge is 2.13. The third-order valence-corrected chi connectivity index (χ3v) is 1.70. The molecule has 0 bridgehead atoms. The largest absolute Gasteiger partial charge is 0.318 e. The Labute approximate surface area is 87.6 Å². The molecule has 0 spiro atoms. The lowest BCUT2D eigenvalue weighted by Gasteiger charge is -2.02. The summed E-state index contributed by atoms with van der Waals surface area (Å²) in [5.74, 6) is 0.219. The minimum absolute atomic E-state index is 0.0382. The Morgan fingerprint density at radius 2 is 2.40 bits per heavy atom. The Morgan fingerprint density at radius 3 is 2.93 bits per heavy atom. The van der Waals surface area contributed by atoms with Crippen LogP contribution in [0.1, 0.15) is 19.5 Å². The zero-order valence-electron chi connectivity index (χ0n) is 8.90. The van der Waals surface area contributed by atoms with Gasteiger partial charge in [0, 0.05) is 20.2 Å². The number of nitrogens with zero attached hydrogens (tertiary/aromatic N) is 3. The molecule has 1 aromatic rings. The van der Waals surface area contributed by atoms with Crippen molar-refractivity contribution in [3.8, 4) is 0 Å². The molecule has 0 fully saturated rings. The van der Waals surface area contributed by atoms with E-state index in [0.717, 1.165) is 0 Å². The van der Waals surface area contributed by atoms with E-state index in [2.05, 4.69) is 15.3 Å². The summed E-state index contributed by atoms with van der Waals surface area (Å²) < 4.78 is 1.69. The standard InChI is InChI=1S/C9H13N5O/c1-4-11-9-7(12-5-14(9)3)8(10)13-6(2)15/h4-5H,1-3H3,(H2,10,13,15)/b11-4-. The molecule has 1 aromatic heterocycles. The molecule has 6 heteroatoms. The summed E-state index contributed by atoms with van der Waals surface area (Å²) in [7, 11) is 1.78. The van der Waals surface area contributed by atoms with E-state index in [4.69, 9.17) is 5.41 Å². The van der Waals surface area contributed by atoms with E-state index in [1.54, 1.807) is 31.1 Å². The second kappa shape index (κ2) is 4.50. The number of amides is 1. The molecule has 0 aliphatic carbocycles. The summed E-state index contributed by atoms with van der Waals surface area (Å²) in [6.45, 7) is 3.12. The zero-order valence-corrected chi connectivity index (χ0v) is 8.90. The fourth-order valence-corrected chi connectivity index (χ4v) is 1.11. The number of carbonyl (C=O) groups excluding carboxylic acids is 1. The molecule has 0 unspecified atom stereocenters. The Balaban J connectivity index is 3.03. The predicted molar refractivity (Wildman–Crippen MR) is 57.7 cm³/mol. The maximum absolute atomic E-state index is 10.8. The van der Waals surface area contributed by atoms with Crippen molar-refractivity contribution < 1.29 is 4.79 Å². The average molecular weight is 207 g/mol. The Hall–Kier alpha value is -1.98. The van der Waals surface area contributed by atoms with Crippen LogP contribution in [0.2, 0.25) is 0 Å². The number of aliphatic imine (C=N–C) groups is 1. The monoisotopic (exact) mass is 207 g/mol. The van der Waals surface area contributed by atoms with Gasteiger partial charge in [0.25, 0.3) is 0 Å². The van der Waals surface area contributed by atoms with Crippen LogP contribution in [0.5, 0.6) is 0 Å². The molecule has 15 heavy (non-hydrogen) atoms. The van der Waals surface area contributed by atoms with Gasteiger partial charge in [-0.3, -0.25) is 10.2 Å². The Bertz CT molecular complexity index is 418. The fourth-order valence-electron chi connectivity index (χ4n) is 1.11. The normalized spacial score (nSPS) is 10.6. The van der Waals surface area contributed by atoms with E-state index >= 15 is 0 Å². The van der Waals surface area contributed by atoms with Crippen molar-refractivity contribution in [3.63, 3.8) is 0 Å². The quantitative estimate of drug-likeness (QED) is 0.550. The summed E-state index contributed by atoms with van der Waals surface area (Å²) in [6.07, 6.45) is 3.16. The van der Waals surface area contributed by atoms with E-state index < -0.39 is 0 Å². The van der Waals surface area contributed by atoms with Crippen molar-refractivity contribution in [1.29, 1.82) is 5.41 Å². The van der Waals surface area contributed by atoms with Gasteiger partial charge in [0.15, 0.2) is 11.7 Å². The lowest BCUT2D eigenvalue weighted by atomic mass is 10.4. The first-order valence-corrected chi connectivity index (χ1v) is 4.42. The van der Waals surface area contributed by atoms with Crippen LogP contribution < -0.4 is 5.32 Å². The van der Waals surface area contributed by atoms with E-state index in [-0.39, 0.29) is 11.7 Å². The van der Waals surface area contributed by atoms with E-state index in [1.165, 1.54) is 6.92 Å². The topological polar surface area (TPSA) is 83.1 Å². The van der Waals surface area contributed by atoms with Gasteiger partial charge in [-0.25, -0.2) is 9.98 Å². The maximum atomic E-state index is 10.8. The molecule has 2 N–H and O–H groups in total. The molecule has 1 amide bonds. The number of amidine groups is 1. The van der Waals surface area contributed by atoms with Crippen LogP contribution in [-0.2, 0) is 11.8 Å². The van der Waals surface area contributed by atoms with Crippen LogP contribution in [0, 0.1) is 5.41 Å². The first-order chi connectivity index (χ1) is 7.06. The molecule has 0 saturated carbocycles. The third kappa shape index (κ3) is 2.49. The zero-order chi connectivity index (χ0) is 11.4. The van der Waals surface area contributed by atoms with Crippen molar-refractivity contribution in [3.05, 3.63) is 12.0 Å². The highest BCUT2D eigenvalue weighted by molar-refractivity contribution is 6.07. The van der Waals surface area contributed by atoms with Crippen molar-refractivity contribution >= 4 is 23.8 Å².